The molecule has 0 aliphatic carbocycles. The predicted molar refractivity (Wildman–Crippen MR) is 118 cm³/mol. The number of fused-ring (bicyclic) bond motifs is 2. The molecular weight excluding hydrogens is 414 g/mol. The van der Waals surface area contributed by atoms with E-state index in [1.54, 1.807) is 22.2 Å². The van der Waals surface area contributed by atoms with Crippen molar-refractivity contribution < 1.29 is 9.32 Å². The van der Waals surface area contributed by atoms with Gasteiger partial charge < -0.3 is 15.2 Å². The van der Waals surface area contributed by atoms with Crippen LogP contribution < -0.4 is 10.6 Å². The predicted octanol–water partition coefficient (Wildman–Crippen LogP) is 3.00. The third kappa shape index (κ3) is 4.10. The number of hydrogen-bond donors (Lipinski definition) is 2. The summed E-state index contributed by atoms with van der Waals surface area (Å²) in [6.45, 7) is 1.62. The lowest BCUT2D eigenvalue weighted by Gasteiger charge is -2.07. The first-order valence-corrected chi connectivity index (χ1v) is 10.7. The van der Waals surface area contributed by atoms with E-state index < -0.39 is 0 Å². The SMILES string of the molecule is O=C(Cc1noc2ccccc12)NCCn1ncc2c(NCc3cccs3)ncnc21. The van der Waals surface area contributed by atoms with E-state index in [9.17, 15) is 4.79 Å². The van der Waals surface area contributed by atoms with Gasteiger partial charge in [-0.2, -0.15) is 5.10 Å². The summed E-state index contributed by atoms with van der Waals surface area (Å²) < 4.78 is 7.02. The molecule has 4 aromatic heterocycles. The van der Waals surface area contributed by atoms with E-state index in [1.807, 2.05) is 35.7 Å². The molecular formula is C21H19N7O2S. The van der Waals surface area contributed by atoms with Crippen LogP contribution in [-0.4, -0.2) is 37.4 Å². The molecule has 10 heteroatoms. The van der Waals surface area contributed by atoms with Crippen molar-refractivity contribution in [2.24, 2.45) is 0 Å². The van der Waals surface area contributed by atoms with Crippen LogP contribution in [0.4, 0.5) is 5.82 Å². The Morgan fingerprint density at radius 3 is 2.97 bits per heavy atom. The van der Waals surface area contributed by atoms with Crippen molar-refractivity contribution in [3.63, 3.8) is 0 Å². The summed E-state index contributed by atoms with van der Waals surface area (Å²) in [7, 11) is 0. The molecule has 5 rings (SSSR count). The number of amides is 1. The van der Waals surface area contributed by atoms with Gasteiger partial charge in [-0.05, 0) is 23.6 Å². The van der Waals surface area contributed by atoms with Gasteiger partial charge in [0.2, 0.25) is 5.91 Å². The summed E-state index contributed by atoms with van der Waals surface area (Å²) in [5, 5.41) is 18.4. The highest BCUT2D eigenvalue weighted by atomic mass is 32.1. The third-order valence-corrected chi connectivity index (χ3v) is 5.75. The first-order valence-electron chi connectivity index (χ1n) is 9.81. The number of carbonyl (C=O) groups is 1. The quantitative estimate of drug-likeness (QED) is 0.387. The number of para-hydroxylation sites is 1. The largest absolute Gasteiger partial charge is 0.364 e. The summed E-state index contributed by atoms with van der Waals surface area (Å²) in [4.78, 5) is 22.3. The van der Waals surface area contributed by atoms with E-state index in [1.165, 1.54) is 11.2 Å². The van der Waals surface area contributed by atoms with Crippen LogP contribution in [0.25, 0.3) is 22.0 Å². The maximum absolute atomic E-state index is 12.3. The molecule has 0 fully saturated rings. The van der Waals surface area contributed by atoms with E-state index in [0.717, 1.165) is 22.2 Å². The molecule has 0 aliphatic rings. The normalized spacial score (nSPS) is 11.2. The molecule has 0 aliphatic heterocycles. The molecule has 0 saturated carbocycles. The third-order valence-electron chi connectivity index (χ3n) is 4.87. The van der Waals surface area contributed by atoms with E-state index in [-0.39, 0.29) is 12.3 Å². The summed E-state index contributed by atoms with van der Waals surface area (Å²) in [6.07, 6.45) is 3.43. The minimum Gasteiger partial charge on any atom is -0.364 e. The molecule has 156 valence electrons. The smallest absolute Gasteiger partial charge is 0.226 e. The second-order valence-electron chi connectivity index (χ2n) is 6.91. The summed E-state index contributed by atoms with van der Waals surface area (Å²) in [6, 6.07) is 11.6. The highest BCUT2D eigenvalue weighted by Crippen LogP contribution is 2.20. The van der Waals surface area contributed by atoms with Crippen molar-refractivity contribution in [3.8, 4) is 0 Å². The van der Waals surface area contributed by atoms with Gasteiger partial charge >= 0.3 is 0 Å². The number of nitrogens with one attached hydrogen (secondary N) is 2. The molecule has 4 heterocycles. The van der Waals surface area contributed by atoms with Crippen molar-refractivity contribution in [1.82, 2.24) is 30.2 Å². The van der Waals surface area contributed by atoms with E-state index in [0.29, 0.717) is 30.9 Å². The zero-order valence-corrected chi connectivity index (χ0v) is 17.3. The Labute approximate surface area is 181 Å². The summed E-state index contributed by atoms with van der Waals surface area (Å²) in [5.41, 5.74) is 2.03. The molecule has 31 heavy (non-hydrogen) atoms. The molecule has 1 amide bonds. The topological polar surface area (TPSA) is 111 Å². The summed E-state index contributed by atoms with van der Waals surface area (Å²) >= 11 is 1.69. The van der Waals surface area contributed by atoms with Crippen molar-refractivity contribution in [2.75, 3.05) is 11.9 Å². The average molecular weight is 433 g/mol. The van der Waals surface area contributed by atoms with Gasteiger partial charge in [0.15, 0.2) is 11.2 Å². The van der Waals surface area contributed by atoms with E-state index in [4.69, 9.17) is 4.52 Å². The molecule has 5 aromatic rings. The molecule has 0 atom stereocenters. The monoisotopic (exact) mass is 433 g/mol. The Balaban J connectivity index is 1.20. The van der Waals surface area contributed by atoms with Crippen LogP contribution >= 0.6 is 11.3 Å². The maximum Gasteiger partial charge on any atom is 0.226 e. The Morgan fingerprint density at radius 2 is 2.06 bits per heavy atom. The molecule has 0 saturated heterocycles. The molecule has 2 N–H and O–H groups in total. The lowest BCUT2D eigenvalue weighted by molar-refractivity contribution is -0.120. The standard InChI is InChI=1S/C21H19N7O2S/c29-19(10-17-15-5-1-2-6-18(15)30-27-17)22-7-8-28-21-16(12-26-28)20(24-13-25-21)23-11-14-4-3-9-31-14/h1-6,9,12-13H,7-8,10-11H2,(H,22,29)(H,23,24,25). The van der Waals surface area contributed by atoms with E-state index >= 15 is 0 Å². The number of anilines is 1. The molecule has 0 bridgehead atoms. The number of aromatic nitrogens is 5. The molecule has 0 unspecified atom stereocenters. The fraction of sp³-hybridized carbons (Fsp3) is 0.190. The van der Waals surface area contributed by atoms with Gasteiger partial charge in [-0.15, -0.1) is 11.3 Å². The molecule has 0 spiro atoms. The Bertz CT molecular complexity index is 1330. The van der Waals surface area contributed by atoms with Crippen molar-refractivity contribution in [2.45, 2.75) is 19.5 Å². The second-order valence-corrected chi connectivity index (χ2v) is 7.94. The minimum atomic E-state index is -0.122. The number of benzene rings is 1. The zero-order valence-electron chi connectivity index (χ0n) is 16.5. The van der Waals surface area contributed by atoms with Crippen molar-refractivity contribution in [1.29, 1.82) is 0 Å². The lowest BCUT2D eigenvalue weighted by Crippen LogP contribution is -2.29. The Hall–Kier alpha value is -3.79. The molecule has 9 nitrogen and oxygen atoms in total. The highest BCUT2D eigenvalue weighted by molar-refractivity contribution is 7.09. The van der Waals surface area contributed by atoms with Crippen molar-refractivity contribution >= 4 is 45.1 Å². The average Bonchev–Trinajstić information content (AvgIpc) is 3.53. The van der Waals surface area contributed by atoms with Crippen LogP contribution in [0.1, 0.15) is 10.6 Å². The maximum atomic E-state index is 12.3. The van der Waals surface area contributed by atoms with Gasteiger partial charge in [0.05, 0.1) is 31.1 Å². The Morgan fingerprint density at radius 1 is 1.13 bits per heavy atom. The van der Waals surface area contributed by atoms with Crippen LogP contribution in [0.5, 0.6) is 0 Å². The van der Waals surface area contributed by atoms with Crippen LogP contribution in [0, 0.1) is 0 Å². The number of thiophene rings is 1. The van der Waals surface area contributed by atoms with Crippen LogP contribution in [0.2, 0.25) is 0 Å². The second kappa shape index (κ2) is 8.52. The molecule has 1 aromatic carbocycles. The minimum absolute atomic E-state index is 0.122. The first-order chi connectivity index (χ1) is 15.3. The highest BCUT2D eigenvalue weighted by Gasteiger charge is 2.13. The van der Waals surface area contributed by atoms with Gasteiger partial charge in [0, 0.05) is 16.8 Å². The number of hydrogen-bond acceptors (Lipinski definition) is 8. The fourth-order valence-electron chi connectivity index (χ4n) is 3.36. The van der Waals surface area contributed by atoms with Gasteiger partial charge in [0.25, 0.3) is 0 Å². The lowest BCUT2D eigenvalue weighted by atomic mass is 10.1. The van der Waals surface area contributed by atoms with Crippen LogP contribution in [0.15, 0.2) is 58.8 Å². The first kappa shape index (κ1) is 19.2. The zero-order chi connectivity index (χ0) is 21.0. The van der Waals surface area contributed by atoms with Gasteiger partial charge in [-0.1, -0.05) is 23.4 Å². The number of carbonyl (C=O) groups excluding carboxylic acids is 1. The van der Waals surface area contributed by atoms with Crippen LogP contribution in [-0.2, 0) is 24.3 Å². The molecule has 0 radical (unpaired) electrons. The summed E-state index contributed by atoms with van der Waals surface area (Å²) in [5.74, 6) is 0.620. The van der Waals surface area contributed by atoms with Crippen molar-refractivity contribution in [3.05, 3.63) is 64.9 Å². The Kier molecular flexibility index (Phi) is 5.28. The number of nitrogens with zero attached hydrogens (tertiary/aromatic N) is 5. The fourth-order valence-corrected chi connectivity index (χ4v) is 4.01. The van der Waals surface area contributed by atoms with Crippen LogP contribution in [0.3, 0.4) is 0 Å². The van der Waals surface area contributed by atoms with Gasteiger partial charge in [0.1, 0.15) is 17.8 Å². The number of rotatable bonds is 8. The van der Waals surface area contributed by atoms with Gasteiger partial charge in [-0.3, -0.25) is 4.79 Å². The van der Waals surface area contributed by atoms with E-state index in [2.05, 4.69) is 36.9 Å². The van der Waals surface area contributed by atoms with Gasteiger partial charge in [-0.25, -0.2) is 14.6 Å².